The van der Waals surface area contributed by atoms with Crippen LogP contribution in [0.25, 0.3) is 5.69 Å². The maximum Gasteiger partial charge on any atom is 0.337 e. The number of H-pyrrole nitrogens is 1. The molecule has 2 N–H and O–H groups in total. The van der Waals surface area contributed by atoms with Crippen LogP contribution in [-0.4, -0.2) is 28.8 Å². The van der Waals surface area contributed by atoms with Crippen LogP contribution in [0, 0.1) is 12.7 Å². The second-order valence-corrected chi connectivity index (χ2v) is 6.45. The third-order valence-electron chi connectivity index (χ3n) is 4.45. The Hall–Kier alpha value is -3.68. The lowest BCUT2D eigenvalue weighted by molar-refractivity contribution is -0.116. The molecule has 7 nitrogen and oxygen atoms in total. The molecule has 0 spiro atoms. The lowest BCUT2D eigenvalue weighted by atomic mass is 10.1. The third-order valence-corrected chi connectivity index (χ3v) is 4.45. The average molecular weight is 397 g/mol. The summed E-state index contributed by atoms with van der Waals surface area (Å²) in [7, 11) is 1.28. The molecule has 1 aromatic heterocycles. The number of carbonyl (C=O) groups is 2. The van der Waals surface area contributed by atoms with E-state index in [-0.39, 0.29) is 24.3 Å². The molecular formula is C21H20FN3O4. The summed E-state index contributed by atoms with van der Waals surface area (Å²) >= 11 is 0. The Bertz CT molecular complexity index is 1100. The molecule has 0 fully saturated rings. The van der Waals surface area contributed by atoms with Gasteiger partial charge in [-0.25, -0.2) is 13.9 Å². The van der Waals surface area contributed by atoms with Crippen LogP contribution in [0.15, 0.2) is 53.3 Å². The lowest BCUT2D eigenvalue weighted by Crippen LogP contribution is -2.19. The molecule has 0 aliphatic rings. The van der Waals surface area contributed by atoms with E-state index < -0.39 is 11.8 Å². The number of esters is 1. The fourth-order valence-corrected chi connectivity index (χ4v) is 2.95. The number of halogens is 1. The minimum atomic E-state index is -0.495. The van der Waals surface area contributed by atoms with Gasteiger partial charge >= 0.3 is 5.97 Å². The maximum atomic E-state index is 13.1. The Morgan fingerprint density at radius 2 is 1.90 bits per heavy atom. The minimum Gasteiger partial charge on any atom is -0.465 e. The van der Waals surface area contributed by atoms with Crippen molar-refractivity contribution in [1.29, 1.82) is 0 Å². The molecule has 1 heterocycles. The molecule has 3 rings (SSSR count). The van der Waals surface area contributed by atoms with Gasteiger partial charge in [-0.1, -0.05) is 6.07 Å². The highest BCUT2D eigenvalue weighted by Crippen LogP contribution is 2.13. The highest BCUT2D eigenvalue weighted by Gasteiger charge is 2.14. The van der Waals surface area contributed by atoms with Crippen molar-refractivity contribution >= 4 is 17.6 Å². The number of benzene rings is 2. The van der Waals surface area contributed by atoms with Gasteiger partial charge in [0.15, 0.2) is 0 Å². The zero-order chi connectivity index (χ0) is 21.0. The van der Waals surface area contributed by atoms with Gasteiger partial charge in [0.2, 0.25) is 5.91 Å². The van der Waals surface area contributed by atoms with E-state index >= 15 is 0 Å². The predicted octanol–water partition coefficient (Wildman–Crippen LogP) is 2.97. The topological polar surface area (TPSA) is 93.2 Å². The van der Waals surface area contributed by atoms with Crippen LogP contribution in [0.5, 0.6) is 0 Å². The van der Waals surface area contributed by atoms with Crippen LogP contribution in [0.1, 0.15) is 28.0 Å². The number of nitrogens with zero attached hydrogens (tertiary/aromatic N) is 1. The normalized spacial score (nSPS) is 10.6. The summed E-state index contributed by atoms with van der Waals surface area (Å²) in [6.45, 7) is 1.74. The Balaban J connectivity index is 1.69. The summed E-state index contributed by atoms with van der Waals surface area (Å²) in [5.74, 6) is -1.18. The van der Waals surface area contributed by atoms with E-state index in [2.05, 4.69) is 15.2 Å². The van der Waals surface area contributed by atoms with Gasteiger partial charge in [0.1, 0.15) is 5.82 Å². The van der Waals surface area contributed by atoms with E-state index in [0.29, 0.717) is 28.2 Å². The highest BCUT2D eigenvalue weighted by molar-refractivity contribution is 5.94. The largest absolute Gasteiger partial charge is 0.465 e. The van der Waals surface area contributed by atoms with Crippen molar-refractivity contribution < 1.29 is 18.7 Å². The van der Waals surface area contributed by atoms with Gasteiger partial charge in [-0.05, 0) is 55.8 Å². The quantitative estimate of drug-likeness (QED) is 0.626. The molecule has 0 saturated carbocycles. The molecule has 3 aromatic rings. The van der Waals surface area contributed by atoms with Gasteiger partial charge in [-0.15, -0.1) is 0 Å². The first-order valence-electron chi connectivity index (χ1n) is 8.93. The molecule has 0 atom stereocenters. The summed E-state index contributed by atoms with van der Waals surface area (Å²) in [5.41, 5.74) is 2.14. The lowest BCUT2D eigenvalue weighted by Gasteiger charge is -2.06. The molecule has 2 aromatic carbocycles. The predicted molar refractivity (Wildman–Crippen MR) is 106 cm³/mol. The summed E-state index contributed by atoms with van der Waals surface area (Å²) in [5, 5.41) is 5.65. The fourth-order valence-electron chi connectivity index (χ4n) is 2.95. The first-order chi connectivity index (χ1) is 13.9. The van der Waals surface area contributed by atoms with Crippen LogP contribution in [-0.2, 0) is 16.0 Å². The summed E-state index contributed by atoms with van der Waals surface area (Å²) in [4.78, 5) is 36.5. The minimum absolute atomic E-state index is 0.0831. The van der Waals surface area contributed by atoms with Crippen molar-refractivity contribution in [2.45, 2.75) is 19.8 Å². The van der Waals surface area contributed by atoms with Crippen LogP contribution in [0.2, 0.25) is 0 Å². The molecule has 8 heteroatoms. The monoisotopic (exact) mass is 397 g/mol. The number of amides is 1. The van der Waals surface area contributed by atoms with Crippen LogP contribution < -0.4 is 10.9 Å². The molecule has 150 valence electrons. The van der Waals surface area contributed by atoms with Crippen molar-refractivity contribution in [2.75, 3.05) is 12.4 Å². The Morgan fingerprint density at radius 3 is 2.59 bits per heavy atom. The van der Waals surface area contributed by atoms with E-state index in [0.717, 1.165) is 0 Å². The van der Waals surface area contributed by atoms with E-state index in [1.165, 1.54) is 42.1 Å². The number of rotatable bonds is 6. The summed E-state index contributed by atoms with van der Waals surface area (Å²) in [6.07, 6.45) is 0.317. The molecule has 0 unspecified atom stereocenters. The number of ether oxygens (including phenoxy) is 1. The first-order valence-corrected chi connectivity index (χ1v) is 8.93. The second kappa shape index (κ2) is 8.55. The highest BCUT2D eigenvalue weighted by atomic mass is 19.1. The van der Waals surface area contributed by atoms with Gasteiger partial charge < -0.3 is 10.1 Å². The van der Waals surface area contributed by atoms with Crippen molar-refractivity contribution in [1.82, 2.24) is 9.78 Å². The Labute approximate surface area is 166 Å². The molecule has 0 bridgehead atoms. The van der Waals surface area contributed by atoms with E-state index in [4.69, 9.17) is 0 Å². The molecule has 1 amide bonds. The van der Waals surface area contributed by atoms with E-state index in [1.54, 1.807) is 25.1 Å². The number of carbonyl (C=O) groups excluding carboxylic acids is 2. The van der Waals surface area contributed by atoms with Gasteiger partial charge in [0, 0.05) is 23.4 Å². The molecule has 0 saturated heterocycles. The number of aromatic amines is 1. The number of aryl methyl sites for hydroxylation is 1. The number of hydrogen-bond donors (Lipinski definition) is 2. The van der Waals surface area contributed by atoms with Gasteiger partial charge in [0.05, 0.1) is 18.4 Å². The molecule has 0 aliphatic heterocycles. The standard InChI is InChI=1S/C21H20FN3O4/c1-13-18(20(27)25(24-13)17-8-6-15(22)7-9-17)10-11-19(26)23-16-5-3-4-14(12-16)21(28)29-2/h3-9,12,24H,10-11H2,1-2H3,(H,23,26). The summed E-state index contributed by atoms with van der Waals surface area (Å²) < 4.78 is 19.1. The average Bonchev–Trinajstić information content (AvgIpc) is 3.00. The molecule has 29 heavy (non-hydrogen) atoms. The van der Waals surface area contributed by atoms with Crippen molar-refractivity contribution in [3.05, 3.63) is 81.5 Å². The SMILES string of the molecule is COC(=O)c1cccc(NC(=O)CCc2c(C)[nH]n(-c3ccc(F)cc3)c2=O)c1. The van der Waals surface area contributed by atoms with Crippen LogP contribution >= 0.6 is 0 Å². The Morgan fingerprint density at radius 1 is 1.17 bits per heavy atom. The summed E-state index contributed by atoms with van der Waals surface area (Å²) in [6, 6.07) is 11.9. The zero-order valence-corrected chi connectivity index (χ0v) is 16.0. The second-order valence-electron chi connectivity index (χ2n) is 6.45. The van der Waals surface area contributed by atoms with E-state index in [1.807, 2.05) is 0 Å². The van der Waals surface area contributed by atoms with Crippen molar-refractivity contribution in [3.63, 3.8) is 0 Å². The Kier molecular flexibility index (Phi) is 5.92. The molecule has 0 aliphatic carbocycles. The zero-order valence-electron chi connectivity index (χ0n) is 16.0. The van der Waals surface area contributed by atoms with E-state index in [9.17, 15) is 18.8 Å². The number of hydrogen-bond acceptors (Lipinski definition) is 4. The number of anilines is 1. The number of nitrogens with one attached hydrogen (secondary N) is 2. The maximum absolute atomic E-state index is 13.1. The molecule has 0 radical (unpaired) electrons. The number of aromatic nitrogens is 2. The van der Waals surface area contributed by atoms with Gasteiger partial charge in [0.25, 0.3) is 5.56 Å². The van der Waals surface area contributed by atoms with Crippen LogP contribution in [0.3, 0.4) is 0 Å². The van der Waals surface area contributed by atoms with Crippen LogP contribution in [0.4, 0.5) is 10.1 Å². The fraction of sp³-hybridized carbons (Fsp3) is 0.190. The van der Waals surface area contributed by atoms with Gasteiger partial charge in [-0.2, -0.15) is 0 Å². The van der Waals surface area contributed by atoms with Crippen molar-refractivity contribution in [2.24, 2.45) is 0 Å². The van der Waals surface area contributed by atoms with Crippen molar-refractivity contribution in [3.8, 4) is 5.69 Å². The van der Waals surface area contributed by atoms with Gasteiger partial charge in [-0.3, -0.25) is 14.7 Å². The molecular weight excluding hydrogens is 377 g/mol. The number of methoxy groups -OCH3 is 1. The third kappa shape index (κ3) is 4.60. The first kappa shape index (κ1) is 20.1. The smallest absolute Gasteiger partial charge is 0.337 e.